The highest BCUT2D eigenvalue weighted by atomic mass is 35.5. The van der Waals surface area contributed by atoms with Crippen LogP contribution in [0, 0.1) is 5.41 Å². The fourth-order valence-electron chi connectivity index (χ4n) is 2.70. The molecule has 0 atom stereocenters. The minimum Gasteiger partial charge on any atom is -0.497 e. The second-order valence-electron chi connectivity index (χ2n) is 4.87. The van der Waals surface area contributed by atoms with Gasteiger partial charge in [0.25, 0.3) is 0 Å². The molecule has 1 fully saturated rings. The van der Waals surface area contributed by atoms with Crippen molar-refractivity contribution >= 4 is 11.6 Å². The molecule has 1 nitrogen and oxygen atoms in total. The number of hydrogen-bond donors (Lipinski definition) is 0. The van der Waals surface area contributed by atoms with Gasteiger partial charge >= 0.3 is 0 Å². The van der Waals surface area contributed by atoms with Gasteiger partial charge in [0.1, 0.15) is 5.75 Å². The van der Waals surface area contributed by atoms with Crippen molar-refractivity contribution < 1.29 is 4.74 Å². The molecular weight excluding hydrogens is 220 g/mol. The van der Waals surface area contributed by atoms with Crippen molar-refractivity contribution in [1.29, 1.82) is 0 Å². The monoisotopic (exact) mass is 238 g/mol. The second kappa shape index (κ2) is 5.09. The van der Waals surface area contributed by atoms with E-state index in [0.717, 1.165) is 18.1 Å². The molecule has 0 radical (unpaired) electrons. The van der Waals surface area contributed by atoms with Crippen molar-refractivity contribution in [2.24, 2.45) is 5.41 Å². The summed E-state index contributed by atoms with van der Waals surface area (Å²) >= 11 is 6.16. The Morgan fingerprint density at radius 1 is 1.31 bits per heavy atom. The summed E-state index contributed by atoms with van der Waals surface area (Å²) in [6.45, 7) is 0. The Balaban J connectivity index is 2.12. The molecule has 0 heterocycles. The van der Waals surface area contributed by atoms with Gasteiger partial charge in [-0.1, -0.05) is 25.0 Å². The van der Waals surface area contributed by atoms with E-state index in [0.29, 0.717) is 5.41 Å². The molecule has 88 valence electrons. The van der Waals surface area contributed by atoms with Gasteiger partial charge in [-0.2, -0.15) is 0 Å². The topological polar surface area (TPSA) is 9.23 Å². The van der Waals surface area contributed by atoms with Crippen molar-refractivity contribution in [3.63, 3.8) is 0 Å². The first-order valence-electron chi connectivity index (χ1n) is 5.97. The van der Waals surface area contributed by atoms with Crippen molar-refractivity contribution in [3.8, 4) is 5.75 Å². The van der Waals surface area contributed by atoms with Crippen LogP contribution >= 0.6 is 11.6 Å². The molecule has 0 aliphatic heterocycles. The molecule has 0 bridgehead atoms. The van der Waals surface area contributed by atoms with E-state index < -0.39 is 0 Å². The fraction of sp³-hybridized carbons (Fsp3) is 0.571. The maximum Gasteiger partial charge on any atom is 0.119 e. The number of alkyl halides is 1. The quantitative estimate of drug-likeness (QED) is 0.720. The van der Waals surface area contributed by atoms with E-state index in [2.05, 4.69) is 18.2 Å². The van der Waals surface area contributed by atoms with Crippen molar-refractivity contribution in [3.05, 3.63) is 29.8 Å². The number of methoxy groups -OCH3 is 1. The highest BCUT2D eigenvalue weighted by molar-refractivity contribution is 6.18. The molecule has 1 saturated carbocycles. The molecule has 1 aromatic carbocycles. The smallest absolute Gasteiger partial charge is 0.119 e. The van der Waals surface area contributed by atoms with Gasteiger partial charge in [-0.05, 0) is 42.4 Å². The Bertz CT molecular complexity index is 342. The largest absolute Gasteiger partial charge is 0.497 e. The molecule has 0 N–H and O–H groups in total. The molecule has 0 amide bonds. The molecule has 16 heavy (non-hydrogen) atoms. The Kier molecular flexibility index (Phi) is 3.75. The Morgan fingerprint density at radius 3 is 2.69 bits per heavy atom. The third-order valence-electron chi connectivity index (χ3n) is 3.66. The molecule has 1 aliphatic rings. The lowest BCUT2D eigenvalue weighted by Crippen LogP contribution is -2.21. The molecule has 2 rings (SSSR count). The number of hydrogen-bond acceptors (Lipinski definition) is 1. The van der Waals surface area contributed by atoms with Crippen LogP contribution in [-0.4, -0.2) is 13.0 Å². The summed E-state index contributed by atoms with van der Waals surface area (Å²) in [5, 5.41) is 0. The van der Waals surface area contributed by atoms with Crippen LogP contribution in [0.4, 0.5) is 0 Å². The molecule has 0 aromatic heterocycles. The normalized spacial score (nSPS) is 18.6. The van der Waals surface area contributed by atoms with Crippen LogP contribution in [-0.2, 0) is 6.42 Å². The predicted octanol–water partition coefficient (Wildman–Crippen LogP) is 4.04. The van der Waals surface area contributed by atoms with Crippen LogP contribution in [0.15, 0.2) is 24.3 Å². The van der Waals surface area contributed by atoms with E-state index in [1.165, 1.54) is 31.2 Å². The number of halogens is 1. The molecule has 0 spiro atoms. The van der Waals surface area contributed by atoms with E-state index in [9.17, 15) is 0 Å². The van der Waals surface area contributed by atoms with E-state index in [1.54, 1.807) is 7.11 Å². The summed E-state index contributed by atoms with van der Waals surface area (Å²) in [7, 11) is 1.71. The zero-order chi connectivity index (χ0) is 11.4. The average Bonchev–Trinajstić information content (AvgIpc) is 2.78. The van der Waals surface area contributed by atoms with Gasteiger partial charge in [0.2, 0.25) is 0 Å². The lowest BCUT2D eigenvalue weighted by molar-refractivity contribution is 0.340. The molecular formula is C14H19ClO. The number of benzene rings is 1. The summed E-state index contributed by atoms with van der Waals surface area (Å²) in [5.74, 6) is 1.73. The van der Waals surface area contributed by atoms with E-state index >= 15 is 0 Å². The second-order valence-corrected chi connectivity index (χ2v) is 5.14. The first-order valence-corrected chi connectivity index (χ1v) is 6.50. The minimum atomic E-state index is 0.341. The lowest BCUT2D eigenvalue weighted by Gasteiger charge is -2.26. The van der Waals surface area contributed by atoms with Gasteiger partial charge in [-0.3, -0.25) is 0 Å². The van der Waals surface area contributed by atoms with Gasteiger partial charge in [0, 0.05) is 5.88 Å². The van der Waals surface area contributed by atoms with Crippen LogP contribution in [0.25, 0.3) is 0 Å². The summed E-state index contributed by atoms with van der Waals surface area (Å²) in [6.07, 6.45) is 6.29. The lowest BCUT2D eigenvalue weighted by atomic mass is 9.82. The van der Waals surface area contributed by atoms with E-state index in [4.69, 9.17) is 16.3 Å². The van der Waals surface area contributed by atoms with Gasteiger partial charge in [0.05, 0.1) is 7.11 Å². The summed E-state index contributed by atoms with van der Waals surface area (Å²) in [5.41, 5.74) is 1.69. The summed E-state index contributed by atoms with van der Waals surface area (Å²) in [6, 6.07) is 8.36. The van der Waals surface area contributed by atoms with E-state index in [-0.39, 0.29) is 0 Å². The van der Waals surface area contributed by atoms with Crippen LogP contribution in [0.2, 0.25) is 0 Å². The third-order valence-corrected chi connectivity index (χ3v) is 4.23. The number of ether oxygens (including phenoxy) is 1. The standard InChI is InChI=1S/C14H19ClO/c1-16-13-6-4-5-12(9-13)10-14(11-15)7-2-3-8-14/h4-6,9H,2-3,7-8,10-11H2,1H3. The van der Waals surface area contributed by atoms with Crippen molar-refractivity contribution in [2.45, 2.75) is 32.1 Å². The highest BCUT2D eigenvalue weighted by Gasteiger charge is 2.32. The Morgan fingerprint density at radius 2 is 2.06 bits per heavy atom. The van der Waals surface area contributed by atoms with E-state index in [1.807, 2.05) is 6.07 Å². The number of rotatable bonds is 4. The highest BCUT2D eigenvalue weighted by Crippen LogP contribution is 2.42. The molecule has 0 saturated heterocycles. The SMILES string of the molecule is COc1cccc(CC2(CCl)CCCC2)c1. The predicted molar refractivity (Wildman–Crippen MR) is 68.3 cm³/mol. The summed E-state index contributed by atoms with van der Waals surface area (Å²) in [4.78, 5) is 0. The first-order chi connectivity index (χ1) is 7.78. The minimum absolute atomic E-state index is 0.341. The third kappa shape index (κ3) is 2.52. The van der Waals surface area contributed by atoms with Crippen LogP contribution in [0.3, 0.4) is 0 Å². The van der Waals surface area contributed by atoms with Crippen LogP contribution in [0.5, 0.6) is 5.75 Å². The zero-order valence-corrected chi connectivity index (χ0v) is 10.6. The molecule has 1 aromatic rings. The molecule has 0 unspecified atom stereocenters. The van der Waals surface area contributed by atoms with Crippen LogP contribution in [0.1, 0.15) is 31.2 Å². The van der Waals surface area contributed by atoms with Crippen LogP contribution < -0.4 is 4.74 Å². The molecule has 2 heteroatoms. The zero-order valence-electron chi connectivity index (χ0n) is 9.84. The Hall–Kier alpha value is -0.690. The maximum absolute atomic E-state index is 6.16. The fourth-order valence-corrected chi connectivity index (χ4v) is 3.06. The Labute approximate surface area is 103 Å². The van der Waals surface area contributed by atoms with Gasteiger partial charge in [-0.25, -0.2) is 0 Å². The van der Waals surface area contributed by atoms with Crippen molar-refractivity contribution in [2.75, 3.05) is 13.0 Å². The van der Waals surface area contributed by atoms with Gasteiger partial charge in [0.15, 0.2) is 0 Å². The van der Waals surface area contributed by atoms with Crippen molar-refractivity contribution in [1.82, 2.24) is 0 Å². The van der Waals surface area contributed by atoms with Gasteiger partial charge < -0.3 is 4.74 Å². The first kappa shape index (κ1) is 11.8. The average molecular weight is 239 g/mol. The summed E-state index contributed by atoms with van der Waals surface area (Å²) < 4.78 is 5.25. The molecule has 1 aliphatic carbocycles. The van der Waals surface area contributed by atoms with Gasteiger partial charge in [-0.15, -0.1) is 11.6 Å². The maximum atomic E-state index is 6.16.